The highest BCUT2D eigenvalue weighted by Crippen LogP contribution is 2.44. The number of hydrogen-bond donors (Lipinski definition) is 2. The molecule has 0 aliphatic heterocycles. The van der Waals surface area contributed by atoms with E-state index in [0.29, 0.717) is 11.1 Å². The van der Waals surface area contributed by atoms with Crippen molar-refractivity contribution in [2.75, 3.05) is 0 Å². The molecule has 0 fully saturated rings. The number of hydrogen-bond acceptors (Lipinski definition) is 2. The molecule has 0 amide bonds. The molecule has 112 valence electrons. The fourth-order valence-corrected chi connectivity index (χ4v) is 3.29. The smallest absolute Gasteiger partial charge is 0.124 e. The molecule has 0 saturated carbocycles. The largest absolute Gasteiger partial charge is 0.507 e. The van der Waals surface area contributed by atoms with E-state index in [1.807, 2.05) is 61.5 Å². The highest BCUT2D eigenvalue weighted by molar-refractivity contribution is 6.10. The van der Waals surface area contributed by atoms with Gasteiger partial charge in [0.05, 0.1) is 0 Å². The van der Waals surface area contributed by atoms with Crippen molar-refractivity contribution in [1.29, 1.82) is 0 Å². The van der Waals surface area contributed by atoms with Crippen molar-refractivity contribution in [3.63, 3.8) is 0 Å². The van der Waals surface area contributed by atoms with Crippen LogP contribution in [0.5, 0.6) is 11.5 Å². The lowest BCUT2D eigenvalue weighted by molar-refractivity contribution is 0.470. The molecule has 0 heterocycles. The lowest BCUT2D eigenvalue weighted by atomic mass is 9.91. The standard InChI is InChI=1S/C21H16O2/c1-13-5-4-8-17-15(13)10-12-19(23)21(17)20-16-7-3-2-6-14(16)9-11-18(20)22/h2-12,22-23H,1H3. The number of phenols is 2. The Morgan fingerprint density at radius 2 is 1.22 bits per heavy atom. The fourth-order valence-electron chi connectivity index (χ4n) is 3.29. The van der Waals surface area contributed by atoms with E-state index < -0.39 is 0 Å². The van der Waals surface area contributed by atoms with Crippen LogP contribution < -0.4 is 0 Å². The summed E-state index contributed by atoms with van der Waals surface area (Å²) in [6.45, 7) is 2.05. The molecule has 0 aliphatic carbocycles. The molecule has 0 radical (unpaired) electrons. The van der Waals surface area contributed by atoms with Gasteiger partial charge in [-0.3, -0.25) is 0 Å². The SMILES string of the molecule is Cc1cccc2c(-c3c(O)ccc4ccccc34)c(O)ccc12. The second-order valence-electron chi connectivity index (χ2n) is 5.81. The van der Waals surface area contributed by atoms with E-state index in [-0.39, 0.29) is 11.5 Å². The Kier molecular flexibility index (Phi) is 2.98. The van der Waals surface area contributed by atoms with Crippen LogP contribution >= 0.6 is 0 Å². The van der Waals surface area contributed by atoms with Gasteiger partial charge in [0.25, 0.3) is 0 Å². The number of aromatic hydroxyl groups is 2. The third kappa shape index (κ3) is 2.03. The quantitative estimate of drug-likeness (QED) is 0.495. The number of fused-ring (bicyclic) bond motifs is 2. The summed E-state index contributed by atoms with van der Waals surface area (Å²) >= 11 is 0. The van der Waals surface area contributed by atoms with Crippen molar-refractivity contribution in [2.45, 2.75) is 6.92 Å². The van der Waals surface area contributed by atoms with E-state index >= 15 is 0 Å². The highest BCUT2D eigenvalue weighted by atomic mass is 16.3. The van der Waals surface area contributed by atoms with Gasteiger partial charge in [-0.05, 0) is 46.2 Å². The molecule has 0 spiro atoms. The van der Waals surface area contributed by atoms with Gasteiger partial charge in [0.1, 0.15) is 11.5 Å². The molecule has 4 aromatic carbocycles. The van der Waals surface area contributed by atoms with Gasteiger partial charge >= 0.3 is 0 Å². The van der Waals surface area contributed by atoms with Gasteiger partial charge in [0, 0.05) is 11.1 Å². The van der Waals surface area contributed by atoms with Gasteiger partial charge in [-0.1, -0.05) is 54.6 Å². The molecular formula is C21H16O2. The summed E-state index contributed by atoms with van der Waals surface area (Å²) in [5.74, 6) is 0.350. The number of rotatable bonds is 1. The first-order valence-corrected chi connectivity index (χ1v) is 7.59. The van der Waals surface area contributed by atoms with E-state index in [0.717, 1.165) is 27.1 Å². The van der Waals surface area contributed by atoms with Gasteiger partial charge in [-0.25, -0.2) is 0 Å². The van der Waals surface area contributed by atoms with Gasteiger partial charge < -0.3 is 10.2 Å². The lowest BCUT2D eigenvalue weighted by Gasteiger charge is -2.14. The molecule has 2 heteroatoms. The first-order valence-electron chi connectivity index (χ1n) is 7.59. The Balaban J connectivity index is 2.22. The first-order chi connectivity index (χ1) is 11.2. The van der Waals surface area contributed by atoms with Crippen LogP contribution in [0.25, 0.3) is 32.7 Å². The van der Waals surface area contributed by atoms with Crippen molar-refractivity contribution in [3.05, 3.63) is 72.3 Å². The zero-order valence-corrected chi connectivity index (χ0v) is 12.7. The Bertz CT molecular complexity index is 1050. The fraction of sp³-hybridized carbons (Fsp3) is 0.0476. The maximum absolute atomic E-state index is 10.5. The third-order valence-corrected chi connectivity index (χ3v) is 4.41. The molecule has 0 aliphatic rings. The van der Waals surface area contributed by atoms with Gasteiger partial charge in [0.2, 0.25) is 0 Å². The predicted molar refractivity (Wildman–Crippen MR) is 95.0 cm³/mol. The molecule has 0 bridgehead atoms. The molecule has 2 nitrogen and oxygen atoms in total. The lowest BCUT2D eigenvalue weighted by Crippen LogP contribution is -1.88. The summed E-state index contributed by atoms with van der Waals surface area (Å²) in [5, 5.41) is 25.0. The summed E-state index contributed by atoms with van der Waals surface area (Å²) < 4.78 is 0. The van der Waals surface area contributed by atoms with Crippen molar-refractivity contribution in [3.8, 4) is 22.6 Å². The van der Waals surface area contributed by atoms with Crippen LogP contribution in [0.2, 0.25) is 0 Å². The molecule has 23 heavy (non-hydrogen) atoms. The molecule has 0 saturated heterocycles. The number of benzene rings is 4. The van der Waals surface area contributed by atoms with Gasteiger partial charge in [-0.15, -0.1) is 0 Å². The minimum atomic E-state index is 0.174. The van der Waals surface area contributed by atoms with Crippen molar-refractivity contribution < 1.29 is 10.2 Å². The van der Waals surface area contributed by atoms with Crippen LogP contribution in [-0.4, -0.2) is 10.2 Å². The van der Waals surface area contributed by atoms with Crippen molar-refractivity contribution in [1.82, 2.24) is 0 Å². The summed E-state index contributed by atoms with van der Waals surface area (Å²) in [7, 11) is 0. The minimum Gasteiger partial charge on any atom is -0.507 e. The van der Waals surface area contributed by atoms with Crippen LogP contribution in [0.3, 0.4) is 0 Å². The van der Waals surface area contributed by atoms with Crippen molar-refractivity contribution in [2.24, 2.45) is 0 Å². The Hall–Kier alpha value is -3.00. The summed E-state index contributed by atoms with van der Waals surface area (Å²) in [5.41, 5.74) is 2.50. The molecule has 0 aromatic heterocycles. The minimum absolute atomic E-state index is 0.174. The normalized spacial score (nSPS) is 11.2. The second kappa shape index (κ2) is 5.03. The van der Waals surface area contributed by atoms with Gasteiger partial charge in [-0.2, -0.15) is 0 Å². The van der Waals surface area contributed by atoms with Crippen LogP contribution in [0.4, 0.5) is 0 Å². The monoisotopic (exact) mass is 300 g/mol. The first kappa shape index (κ1) is 13.6. The summed E-state index contributed by atoms with van der Waals surface area (Å²) in [4.78, 5) is 0. The Morgan fingerprint density at radius 3 is 2.04 bits per heavy atom. The maximum atomic E-state index is 10.5. The summed E-state index contributed by atoms with van der Waals surface area (Å²) in [6, 6.07) is 21.1. The van der Waals surface area contributed by atoms with E-state index in [2.05, 4.69) is 0 Å². The molecule has 4 aromatic rings. The molecule has 0 unspecified atom stereocenters. The Labute approximate surface area is 134 Å². The zero-order chi connectivity index (χ0) is 16.0. The van der Waals surface area contributed by atoms with Crippen molar-refractivity contribution >= 4 is 21.5 Å². The van der Waals surface area contributed by atoms with Crippen LogP contribution in [0, 0.1) is 6.92 Å². The number of phenolic OH excluding ortho intramolecular Hbond substituents is 2. The predicted octanol–water partition coefficient (Wildman–Crippen LogP) is 5.38. The molecular weight excluding hydrogens is 284 g/mol. The van der Waals surface area contributed by atoms with E-state index in [9.17, 15) is 10.2 Å². The third-order valence-electron chi connectivity index (χ3n) is 4.41. The van der Waals surface area contributed by atoms with Crippen LogP contribution in [-0.2, 0) is 0 Å². The summed E-state index contributed by atoms with van der Waals surface area (Å²) in [6.07, 6.45) is 0. The van der Waals surface area contributed by atoms with E-state index in [1.54, 1.807) is 12.1 Å². The van der Waals surface area contributed by atoms with Crippen LogP contribution in [0.15, 0.2) is 66.7 Å². The maximum Gasteiger partial charge on any atom is 0.124 e. The number of aryl methyl sites for hydroxylation is 1. The molecule has 0 atom stereocenters. The molecule has 2 N–H and O–H groups in total. The van der Waals surface area contributed by atoms with E-state index in [1.165, 1.54) is 0 Å². The van der Waals surface area contributed by atoms with Gasteiger partial charge in [0.15, 0.2) is 0 Å². The highest BCUT2D eigenvalue weighted by Gasteiger charge is 2.16. The van der Waals surface area contributed by atoms with E-state index in [4.69, 9.17) is 0 Å². The molecule has 4 rings (SSSR count). The Morgan fingerprint density at radius 1 is 0.565 bits per heavy atom. The topological polar surface area (TPSA) is 40.5 Å². The zero-order valence-electron chi connectivity index (χ0n) is 12.7. The average molecular weight is 300 g/mol. The average Bonchev–Trinajstić information content (AvgIpc) is 2.56. The second-order valence-corrected chi connectivity index (χ2v) is 5.81. The van der Waals surface area contributed by atoms with Crippen LogP contribution in [0.1, 0.15) is 5.56 Å².